The maximum atomic E-state index is 13.0. The molecule has 0 fully saturated rings. The van der Waals surface area contributed by atoms with Crippen LogP contribution in [0.5, 0.6) is 5.75 Å². The highest BCUT2D eigenvalue weighted by Crippen LogP contribution is 2.17. The van der Waals surface area contributed by atoms with Crippen LogP contribution in [-0.4, -0.2) is 49.4 Å². The Bertz CT molecular complexity index is 856. The smallest absolute Gasteiger partial charge is 0.329 e. The SMILES string of the molecule is COc1ccccc1C(=O)N[C@@H](CCSC)C(=O)OCC(=O)c1ccc(F)cc1. The average Bonchev–Trinajstić information content (AvgIpc) is 2.74. The number of Topliss-reactive ketones (excluding diaryl/α,β-unsaturated/α-hetero) is 1. The normalized spacial score (nSPS) is 11.4. The van der Waals surface area contributed by atoms with E-state index in [1.54, 1.807) is 24.3 Å². The van der Waals surface area contributed by atoms with Crippen molar-refractivity contribution in [3.63, 3.8) is 0 Å². The monoisotopic (exact) mass is 419 g/mol. The number of thioether (sulfide) groups is 1. The van der Waals surface area contributed by atoms with Crippen LogP contribution in [0.2, 0.25) is 0 Å². The average molecular weight is 419 g/mol. The van der Waals surface area contributed by atoms with Crippen LogP contribution in [0.3, 0.4) is 0 Å². The lowest BCUT2D eigenvalue weighted by atomic mass is 10.1. The Morgan fingerprint density at radius 2 is 1.79 bits per heavy atom. The Labute approximate surface area is 172 Å². The minimum absolute atomic E-state index is 0.234. The van der Waals surface area contributed by atoms with Crippen molar-refractivity contribution >= 4 is 29.4 Å². The van der Waals surface area contributed by atoms with Crippen molar-refractivity contribution in [2.24, 2.45) is 0 Å². The number of rotatable bonds is 10. The number of para-hydroxylation sites is 1. The first-order valence-corrected chi connectivity index (χ1v) is 10.2. The Morgan fingerprint density at radius 1 is 1.10 bits per heavy atom. The Morgan fingerprint density at radius 3 is 2.45 bits per heavy atom. The van der Waals surface area contributed by atoms with E-state index in [2.05, 4.69) is 5.32 Å². The minimum atomic E-state index is -0.916. The third kappa shape index (κ3) is 6.60. The van der Waals surface area contributed by atoms with Crippen molar-refractivity contribution in [3.05, 3.63) is 65.5 Å². The van der Waals surface area contributed by atoms with Gasteiger partial charge in [-0.2, -0.15) is 11.8 Å². The number of amides is 1. The van der Waals surface area contributed by atoms with Gasteiger partial charge in [-0.05, 0) is 54.8 Å². The van der Waals surface area contributed by atoms with Crippen molar-refractivity contribution < 1.29 is 28.2 Å². The molecule has 6 nitrogen and oxygen atoms in total. The summed E-state index contributed by atoms with van der Waals surface area (Å²) in [6, 6.07) is 10.7. The molecule has 0 saturated heterocycles. The lowest BCUT2D eigenvalue weighted by Crippen LogP contribution is -2.42. The molecule has 1 atom stereocenters. The molecule has 0 bridgehead atoms. The fourth-order valence-corrected chi connectivity index (χ4v) is 2.98. The molecule has 2 aromatic carbocycles. The third-order valence-corrected chi connectivity index (χ3v) is 4.71. The van der Waals surface area contributed by atoms with Crippen LogP contribution in [-0.2, 0) is 9.53 Å². The van der Waals surface area contributed by atoms with Crippen LogP contribution < -0.4 is 10.1 Å². The zero-order valence-electron chi connectivity index (χ0n) is 16.1. The fraction of sp³-hybridized carbons (Fsp3) is 0.286. The quantitative estimate of drug-likeness (QED) is 0.471. The number of halogens is 1. The molecular formula is C21H22FNO5S. The topological polar surface area (TPSA) is 81.7 Å². The summed E-state index contributed by atoms with van der Waals surface area (Å²) in [5, 5.41) is 2.65. The van der Waals surface area contributed by atoms with Crippen LogP contribution in [0.1, 0.15) is 27.1 Å². The summed E-state index contributed by atoms with van der Waals surface area (Å²) in [7, 11) is 1.45. The molecule has 0 saturated carbocycles. The van der Waals surface area contributed by atoms with E-state index in [1.807, 2.05) is 6.26 Å². The number of carbonyl (C=O) groups is 3. The number of esters is 1. The maximum absolute atomic E-state index is 13.0. The highest BCUT2D eigenvalue weighted by atomic mass is 32.2. The Hall–Kier alpha value is -2.87. The molecule has 0 aliphatic heterocycles. The second-order valence-electron chi connectivity index (χ2n) is 6.05. The predicted octanol–water partition coefficient (Wildman–Crippen LogP) is 3.11. The first kappa shape index (κ1) is 22.4. The summed E-state index contributed by atoms with van der Waals surface area (Å²) < 4.78 is 23.2. The molecule has 1 N–H and O–H groups in total. The zero-order chi connectivity index (χ0) is 21.2. The van der Waals surface area contributed by atoms with Gasteiger partial charge < -0.3 is 14.8 Å². The number of ether oxygens (including phenoxy) is 2. The first-order valence-electron chi connectivity index (χ1n) is 8.84. The van der Waals surface area contributed by atoms with Crippen molar-refractivity contribution in [1.82, 2.24) is 5.32 Å². The molecule has 0 radical (unpaired) electrons. The van der Waals surface area contributed by atoms with Gasteiger partial charge in [-0.3, -0.25) is 9.59 Å². The van der Waals surface area contributed by atoms with Gasteiger partial charge in [0.25, 0.3) is 5.91 Å². The molecule has 154 valence electrons. The van der Waals surface area contributed by atoms with E-state index >= 15 is 0 Å². The van der Waals surface area contributed by atoms with Gasteiger partial charge in [0, 0.05) is 5.56 Å². The summed E-state index contributed by atoms with van der Waals surface area (Å²) in [5.74, 6) is -1.12. The van der Waals surface area contributed by atoms with Gasteiger partial charge in [0.05, 0.1) is 12.7 Å². The van der Waals surface area contributed by atoms with E-state index in [9.17, 15) is 18.8 Å². The second kappa shape index (κ2) is 11.2. The van der Waals surface area contributed by atoms with E-state index in [4.69, 9.17) is 9.47 Å². The maximum Gasteiger partial charge on any atom is 0.329 e. The van der Waals surface area contributed by atoms with E-state index in [0.717, 1.165) is 12.1 Å². The lowest BCUT2D eigenvalue weighted by molar-refractivity contribution is -0.144. The zero-order valence-corrected chi connectivity index (χ0v) is 17.0. The van der Waals surface area contributed by atoms with Crippen molar-refractivity contribution in [2.75, 3.05) is 25.7 Å². The van der Waals surface area contributed by atoms with Crippen LogP contribution in [0.15, 0.2) is 48.5 Å². The summed E-state index contributed by atoms with van der Waals surface area (Å²) in [6.07, 6.45) is 2.22. The largest absolute Gasteiger partial charge is 0.496 e. The molecule has 0 spiro atoms. The molecule has 0 aromatic heterocycles. The standard InChI is InChI=1S/C21H22FNO5S/c1-27-19-6-4-3-5-16(19)20(25)23-17(11-12-29-2)21(26)28-13-18(24)14-7-9-15(22)10-8-14/h3-10,17H,11-13H2,1-2H3,(H,23,25)/t17-/m0/s1. The number of ketones is 1. The van der Waals surface area contributed by atoms with Gasteiger partial charge in [0.2, 0.25) is 0 Å². The highest BCUT2D eigenvalue weighted by Gasteiger charge is 2.24. The van der Waals surface area contributed by atoms with Crippen molar-refractivity contribution in [2.45, 2.75) is 12.5 Å². The Kier molecular flexibility index (Phi) is 8.67. The van der Waals surface area contributed by atoms with E-state index < -0.39 is 36.1 Å². The van der Waals surface area contributed by atoms with Gasteiger partial charge >= 0.3 is 5.97 Å². The van der Waals surface area contributed by atoms with Gasteiger partial charge in [0.15, 0.2) is 12.4 Å². The lowest BCUT2D eigenvalue weighted by Gasteiger charge is -2.18. The van der Waals surface area contributed by atoms with Crippen LogP contribution in [0, 0.1) is 5.82 Å². The van der Waals surface area contributed by atoms with Crippen LogP contribution in [0.25, 0.3) is 0 Å². The minimum Gasteiger partial charge on any atom is -0.496 e. The van der Waals surface area contributed by atoms with Crippen molar-refractivity contribution in [1.29, 1.82) is 0 Å². The molecule has 0 heterocycles. The summed E-state index contributed by atoms with van der Waals surface area (Å²) >= 11 is 1.51. The molecule has 0 unspecified atom stereocenters. The van der Waals surface area contributed by atoms with Crippen molar-refractivity contribution in [3.8, 4) is 5.75 Å². The van der Waals surface area contributed by atoms with E-state index in [0.29, 0.717) is 23.5 Å². The molecule has 2 aromatic rings. The predicted molar refractivity (Wildman–Crippen MR) is 109 cm³/mol. The van der Waals surface area contributed by atoms with Gasteiger partial charge in [0.1, 0.15) is 17.6 Å². The summed E-state index contributed by atoms with van der Waals surface area (Å²) in [6.45, 7) is -0.495. The molecule has 0 aliphatic carbocycles. The number of nitrogens with one attached hydrogen (secondary N) is 1. The summed E-state index contributed by atoms with van der Waals surface area (Å²) in [5.41, 5.74) is 0.525. The number of hydrogen-bond donors (Lipinski definition) is 1. The van der Waals surface area contributed by atoms with Gasteiger partial charge in [-0.25, -0.2) is 9.18 Å². The molecule has 1 amide bonds. The Balaban J connectivity index is 2.02. The number of benzene rings is 2. The van der Waals surface area contributed by atoms with E-state index in [-0.39, 0.29) is 5.56 Å². The number of methoxy groups -OCH3 is 1. The van der Waals surface area contributed by atoms with Crippen LogP contribution >= 0.6 is 11.8 Å². The number of carbonyl (C=O) groups excluding carboxylic acids is 3. The summed E-state index contributed by atoms with van der Waals surface area (Å²) in [4.78, 5) is 37.2. The molecule has 0 aliphatic rings. The first-order chi connectivity index (χ1) is 14.0. The molecule has 8 heteroatoms. The second-order valence-corrected chi connectivity index (χ2v) is 7.03. The molecular weight excluding hydrogens is 397 g/mol. The van der Waals surface area contributed by atoms with Gasteiger partial charge in [-0.15, -0.1) is 0 Å². The highest BCUT2D eigenvalue weighted by molar-refractivity contribution is 7.98. The van der Waals surface area contributed by atoms with E-state index in [1.165, 1.54) is 31.0 Å². The fourth-order valence-electron chi connectivity index (χ4n) is 2.51. The van der Waals surface area contributed by atoms with Crippen LogP contribution in [0.4, 0.5) is 4.39 Å². The third-order valence-electron chi connectivity index (χ3n) is 4.06. The van der Waals surface area contributed by atoms with Gasteiger partial charge in [-0.1, -0.05) is 12.1 Å². The number of hydrogen-bond acceptors (Lipinski definition) is 6. The molecule has 29 heavy (non-hydrogen) atoms. The molecule has 2 rings (SSSR count).